The number of aliphatic hydroxyl groups excluding tert-OH is 1. The third-order valence-electron chi connectivity index (χ3n) is 4.08. The normalized spacial score (nSPS) is 27.4. The summed E-state index contributed by atoms with van der Waals surface area (Å²) in [5.74, 6) is 0.467. The van der Waals surface area contributed by atoms with Crippen molar-refractivity contribution in [3.63, 3.8) is 0 Å². The molecule has 0 amide bonds. The molecule has 16 heavy (non-hydrogen) atoms. The van der Waals surface area contributed by atoms with E-state index in [0.29, 0.717) is 5.76 Å². The fourth-order valence-corrected chi connectivity index (χ4v) is 2.04. The van der Waals surface area contributed by atoms with Crippen LogP contribution in [0.4, 0.5) is 0 Å². The van der Waals surface area contributed by atoms with Crippen LogP contribution in [-0.2, 0) is 0 Å². The van der Waals surface area contributed by atoms with Crippen LogP contribution in [0, 0.1) is 16.2 Å². The van der Waals surface area contributed by atoms with E-state index in [4.69, 9.17) is 0 Å². The maximum Gasteiger partial charge on any atom is 0.115 e. The fourth-order valence-electron chi connectivity index (χ4n) is 2.04. The summed E-state index contributed by atoms with van der Waals surface area (Å²) in [6.45, 7) is 15.6. The van der Waals surface area contributed by atoms with E-state index in [1.165, 1.54) is 5.57 Å². The standard InChI is InChI=1S/C15H26O/c1-13(2,3)11-10-15(7,14(4,5)6)9-8-12(11)16/h8-9,16H,10H2,1-7H3. The predicted octanol–water partition coefficient (Wildman–Crippen LogP) is 4.86. The molecule has 0 radical (unpaired) electrons. The van der Waals surface area contributed by atoms with Gasteiger partial charge in [-0.3, -0.25) is 0 Å². The van der Waals surface area contributed by atoms with Crippen molar-refractivity contribution in [3.05, 3.63) is 23.5 Å². The summed E-state index contributed by atoms with van der Waals surface area (Å²) in [5, 5.41) is 10.00. The molecule has 1 unspecified atom stereocenters. The summed E-state index contributed by atoms with van der Waals surface area (Å²) in [6.07, 6.45) is 5.00. The molecule has 0 aromatic heterocycles. The molecule has 1 rings (SSSR count). The lowest BCUT2D eigenvalue weighted by Crippen LogP contribution is -2.35. The van der Waals surface area contributed by atoms with Gasteiger partial charge in [0, 0.05) is 0 Å². The molecule has 1 heteroatoms. The van der Waals surface area contributed by atoms with E-state index in [1.807, 2.05) is 6.08 Å². The van der Waals surface area contributed by atoms with Gasteiger partial charge < -0.3 is 5.11 Å². The summed E-state index contributed by atoms with van der Waals surface area (Å²) >= 11 is 0. The van der Waals surface area contributed by atoms with Crippen molar-refractivity contribution in [2.45, 2.75) is 54.9 Å². The number of aliphatic hydroxyl groups is 1. The molecule has 0 aromatic rings. The molecule has 1 aliphatic carbocycles. The van der Waals surface area contributed by atoms with Crippen molar-refractivity contribution in [1.29, 1.82) is 0 Å². The van der Waals surface area contributed by atoms with Crippen LogP contribution in [0.5, 0.6) is 0 Å². The lowest BCUT2D eigenvalue weighted by atomic mass is 9.60. The lowest BCUT2D eigenvalue weighted by molar-refractivity contribution is 0.152. The monoisotopic (exact) mass is 222 g/mol. The largest absolute Gasteiger partial charge is 0.508 e. The van der Waals surface area contributed by atoms with E-state index in [9.17, 15) is 5.11 Å². The third-order valence-corrected chi connectivity index (χ3v) is 4.08. The molecule has 1 atom stereocenters. The first-order chi connectivity index (χ1) is 6.97. The topological polar surface area (TPSA) is 20.2 Å². The maximum absolute atomic E-state index is 10.00. The van der Waals surface area contributed by atoms with Gasteiger partial charge in [0.25, 0.3) is 0 Å². The average molecular weight is 222 g/mol. The smallest absolute Gasteiger partial charge is 0.115 e. The van der Waals surface area contributed by atoms with Crippen LogP contribution < -0.4 is 0 Å². The van der Waals surface area contributed by atoms with Crippen molar-refractivity contribution >= 4 is 0 Å². The summed E-state index contributed by atoms with van der Waals surface area (Å²) in [6, 6.07) is 0. The first-order valence-electron chi connectivity index (χ1n) is 6.09. The van der Waals surface area contributed by atoms with Gasteiger partial charge in [0.2, 0.25) is 0 Å². The molecule has 92 valence electrons. The summed E-state index contributed by atoms with van der Waals surface area (Å²) in [4.78, 5) is 0. The molecule has 1 nitrogen and oxygen atoms in total. The number of allylic oxidation sites excluding steroid dienone is 3. The molecule has 0 spiro atoms. The van der Waals surface area contributed by atoms with Crippen molar-refractivity contribution < 1.29 is 5.11 Å². The van der Waals surface area contributed by atoms with Gasteiger partial charge >= 0.3 is 0 Å². The molecule has 1 N–H and O–H groups in total. The van der Waals surface area contributed by atoms with Gasteiger partial charge in [-0.2, -0.15) is 0 Å². The molecular weight excluding hydrogens is 196 g/mol. The molecule has 0 aliphatic heterocycles. The fraction of sp³-hybridized carbons (Fsp3) is 0.733. The zero-order valence-corrected chi connectivity index (χ0v) is 11.8. The van der Waals surface area contributed by atoms with E-state index >= 15 is 0 Å². The van der Waals surface area contributed by atoms with Gasteiger partial charge in [0.15, 0.2) is 0 Å². The van der Waals surface area contributed by atoms with Gasteiger partial charge in [-0.1, -0.05) is 54.5 Å². The van der Waals surface area contributed by atoms with Gasteiger partial charge in [0.05, 0.1) is 0 Å². The second-order valence-electron chi connectivity index (χ2n) is 7.29. The molecule has 0 fully saturated rings. The quantitative estimate of drug-likeness (QED) is 0.620. The zero-order valence-electron chi connectivity index (χ0n) is 11.8. The molecule has 1 aliphatic rings. The molecule has 0 saturated heterocycles. The van der Waals surface area contributed by atoms with E-state index in [-0.39, 0.29) is 16.2 Å². The number of hydrogen-bond acceptors (Lipinski definition) is 1. The minimum absolute atomic E-state index is 0.0430. The molecule has 0 heterocycles. The Labute approximate surface area is 100 Å². The van der Waals surface area contributed by atoms with Crippen LogP contribution in [0.15, 0.2) is 23.5 Å². The van der Waals surface area contributed by atoms with Crippen molar-refractivity contribution in [1.82, 2.24) is 0 Å². The van der Waals surface area contributed by atoms with Crippen LogP contribution >= 0.6 is 0 Å². The molecule has 0 saturated carbocycles. The number of hydrogen-bond donors (Lipinski definition) is 1. The Bertz CT molecular complexity index is 333. The Morgan fingerprint density at radius 1 is 1.12 bits per heavy atom. The van der Waals surface area contributed by atoms with Crippen molar-refractivity contribution in [3.8, 4) is 0 Å². The second kappa shape index (κ2) is 3.65. The van der Waals surface area contributed by atoms with E-state index in [0.717, 1.165) is 6.42 Å². The van der Waals surface area contributed by atoms with E-state index < -0.39 is 0 Å². The minimum Gasteiger partial charge on any atom is -0.508 e. The Kier molecular flexibility index (Phi) is 3.04. The Hall–Kier alpha value is -0.720. The Balaban J connectivity index is 3.13. The highest BCUT2D eigenvalue weighted by molar-refractivity contribution is 5.32. The van der Waals surface area contributed by atoms with Gasteiger partial charge in [0.1, 0.15) is 5.76 Å². The highest BCUT2D eigenvalue weighted by atomic mass is 16.3. The van der Waals surface area contributed by atoms with E-state index in [2.05, 4.69) is 54.5 Å². The highest BCUT2D eigenvalue weighted by Gasteiger charge is 2.40. The first-order valence-corrected chi connectivity index (χ1v) is 6.09. The number of rotatable bonds is 0. The lowest BCUT2D eigenvalue weighted by Gasteiger charge is -2.44. The van der Waals surface area contributed by atoms with E-state index in [1.54, 1.807) is 0 Å². The Morgan fingerprint density at radius 2 is 1.62 bits per heavy atom. The highest BCUT2D eigenvalue weighted by Crippen LogP contribution is 2.50. The maximum atomic E-state index is 10.00. The van der Waals surface area contributed by atoms with Crippen LogP contribution in [0.1, 0.15) is 54.9 Å². The van der Waals surface area contributed by atoms with Crippen molar-refractivity contribution in [2.24, 2.45) is 16.2 Å². The summed E-state index contributed by atoms with van der Waals surface area (Å²) in [5.41, 5.74) is 1.55. The van der Waals surface area contributed by atoms with Gasteiger partial charge in [-0.05, 0) is 34.3 Å². The van der Waals surface area contributed by atoms with Gasteiger partial charge in [-0.25, -0.2) is 0 Å². The molecule has 0 aromatic carbocycles. The van der Waals surface area contributed by atoms with Gasteiger partial charge in [-0.15, -0.1) is 0 Å². The molecular formula is C15H26O. The van der Waals surface area contributed by atoms with Crippen LogP contribution in [0.25, 0.3) is 0 Å². The van der Waals surface area contributed by atoms with Crippen molar-refractivity contribution in [2.75, 3.05) is 0 Å². The molecule has 0 bridgehead atoms. The second-order valence-corrected chi connectivity index (χ2v) is 7.29. The zero-order chi connectivity index (χ0) is 12.8. The third kappa shape index (κ3) is 2.34. The van der Waals surface area contributed by atoms with Crippen LogP contribution in [0.2, 0.25) is 0 Å². The van der Waals surface area contributed by atoms with Crippen LogP contribution in [-0.4, -0.2) is 5.11 Å². The summed E-state index contributed by atoms with van der Waals surface area (Å²) in [7, 11) is 0. The SMILES string of the molecule is CC(C)(C)C1=C(O)C=CC(C)(C(C)(C)C)C1. The van der Waals surface area contributed by atoms with Crippen LogP contribution in [0.3, 0.4) is 0 Å². The first kappa shape index (κ1) is 13.3. The predicted molar refractivity (Wildman–Crippen MR) is 70.4 cm³/mol. The average Bonchev–Trinajstić information content (AvgIpc) is 2.05. The summed E-state index contributed by atoms with van der Waals surface area (Å²) < 4.78 is 0. The Morgan fingerprint density at radius 3 is 2.00 bits per heavy atom. The minimum atomic E-state index is 0.0430.